The Morgan fingerprint density at radius 1 is 0.850 bits per heavy atom. The number of rotatable bonds is 7. The van der Waals surface area contributed by atoms with Crippen LogP contribution in [0.2, 0.25) is 0 Å². The number of anilines is 3. The normalized spacial score (nSPS) is 22.9. The number of H-pyrrole nitrogens is 1. The highest BCUT2D eigenvalue weighted by atomic mass is 16.5. The quantitative estimate of drug-likeness (QED) is 0.312. The second-order valence-electron chi connectivity index (χ2n) is 11.0. The van der Waals surface area contributed by atoms with Crippen molar-refractivity contribution in [3.8, 4) is 11.3 Å². The maximum atomic E-state index is 5.56. The molecule has 0 spiro atoms. The van der Waals surface area contributed by atoms with Crippen LogP contribution in [0.3, 0.4) is 0 Å². The third-order valence-electron chi connectivity index (χ3n) is 8.49. The van der Waals surface area contributed by atoms with Crippen LogP contribution < -0.4 is 10.6 Å². The Balaban J connectivity index is 1.14. The molecule has 3 aliphatic rings. The molecule has 3 fully saturated rings. The van der Waals surface area contributed by atoms with E-state index in [1.807, 2.05) is 35.3 Å². The van der Waals surface area contributed by atoms with Crippen LogP contribution in [0.5, 0.6) is 0 Å². The van der Waals surface area contributed by atoms with Gasteiger partial charge in [0.25, 0.3) is 0 Å². The van der Waals surface area contributed by atoms with Crippen LogP contribution in [0, 0.1) is 0 Å². The summed E-state index contributed by atoms with van der Waals surface area (Å²) in [7, 11) is 0. The highest BCUT2D eigenvalue weighted by Gasteiger charge is 2.28. The first kappa shape index (κ1) is 25.4. The smallest absolute Gasteiger partial charge is 0.231 e. The zero-order valence-corrected chi connectivity index (χ0v) is 22.8. The van der Waals surface area contributed by atoms with E-state index in [-0.39, 0.29) is 0 Å². The van der Waals surface area contributed by atoms with Gasteiger partial charge in [0.05, 0.1) is 36.5 Å². The van der Waals surface area contributed by atoms with E-state index >= 15 is 0 Å². The van der Waals surface area contributed by atoms with Gasteiger partial charge in [0, 0.05) is 50.1 Å². The fraction of sp³-hybridized carbons (Fsp3) is 0.517. The molecule has 1 aromatic carbocycles. The molecule has 1 aliphatic carbocycles. The summed E-state index contributed by atoms with van der Waals surface area (Å²) in [6.07, 6.45) is 10.4. The molecule has 2 aliphatic heterocycles. The number of aromatic nitrogens is 6. The van der Waals surface area contributed by atoms with E-state index in [0.717, 1.165) is 93.3 Å². The summed E-state index contributed by atoms with van der Waals surface area (Å²) in [6, 6.07) is 11.6. The first-order valence-corrected chi connectivity index (χ1v) is 14.6. The molecule has 5 heterocycles. The monoisotopic (exact) mass is 543 g/mol. The standard InChI is InChI=1S/C29H37N9O2/c1-2-4-20(5-3-1)26-25-27(31-21-6-8-23(9-7-21)37-12-16-40-17-13-37)33-29(34-28(25)36-35-26)32-22-18-30-38(19-22)24-10-14-39-15-11-24/h1-5,18-19,21,23-24H,6-17H2,(H3,31,32,33,34,35,36)/t21-,23-. The van der Waals surface area contributed by atoms with Gasteiger partial charge in [-0.3, -0.25) is 14.7 Å². The molecule has 0 amide bonds. The van der Waals surface area contributed by atoms with Crippen molar-refractivity contribution >= 4 is 28.5 Å². The molecule has 0 atom stereocenters. The molecule has 210 valence electrons. The van der Waals surface area contributed by atoms with Crippen molar-refractivity contribution in [2.45, 2.75) is 56.7 Å². The molecule has 11 heteroatoms. The lowest BCUT2D eigenvalue weighted by Gasteiger charge is -2.39. The number of fused-ring (bicyclic) bond motifs is 1. The van der Waals surface area contributed by atoms with Crippen LogP contribution in [0.1, 0.15) is 44.6 Å². The van der Waals surface area contributed by atoms with Crippen LogP contribution in [0.25, 0.3) is 22.3 Å². The Morgan fingerprint density at radius 2 is 1.62 bits per heavy atom. The van der Waals surface area contributed by atoms with Crippen molar-refractivity contribution in [1.82, 2.24) is 34.8 Å². The van der Waals surface area contributed by atoms with Crippen molar-refractivity contribution in [2.24, 2.45) is 0 Å². The average molecular weight is 544 g/mol. The molecule has 4 aromatic rings. The van der Waals surface area contributed by atoms with Gasteiger partial charge in [-0.05, 0) is 38.5 Å². The summed E-state index contributed by atoms with van der Waals surface area (Å²) in [4.78, 5) is 12.4. The van der Waals surface area contributed by atoms with Gasteiger partial charge in [-0.15, -0.1) is 0 Å². The fourth-order valence-corrected chi connectivity index (χ4v) is 6.30. The van der Waals surface area contributed by atoms with Crippen molar-refractivity contribution in [1.29, 1.82) is 0 Å². The van der Waals surface area contributed by atoms with E-state index in [9.17, 15) is 0 Å². The first-order chi connectivity index (χ1) is 19.8. The van der Waals surface area contributed by atoms with Crippen molar-refractivity contribution in [3.05, 3.63) is 42.7 Å². The molecule has 3 N–H and O–H groups in total. The molecule has 3 aromatic heterocycles. The highest BCUT2D eigenvalue weighted by molar-refractivity contribution is 5.99. The fourth-order valence-electron chi connectivity index (χ4n) is 6.30. The molecule has 2 saturated heterocycles. The van der Waals surface area contributed by atoms with E-state index in [1.165, 1.54) is 12.8 Å². The number of nitrogens with one attached hydrogen (secondary N) is 3. The lowest BCUT2D eigenvalue weighted by Crippen LogP contribution is -2.46. The zero-order valence-electron chi connectivity index (χ0n) is 22.8. The topological polar surface area (TPSA) is 118 Å². The molecule has 11 nitrogen and oxygen atoms in total. The summed E-state index contributed by atoms with van der Waals surface area (Å²) < 4.78 is 13.1. The Morgan fingerprint density at radius 3 is 2.42 bits per heavy atom. The first-order valence-electron chi connectivity index (χ1n) is 14.6. The SMILES string of the molecule is c1ccc(-c2n[nH]c3nc(Nc4cnn(C5CCOCC5)c4)nc(N[C@H]4CC[C@H](N5CCOCC5)CC4)c23)cc1. The van der Waals surface area contributed by atoms with Crippen LogP contribution >= 0.6 is 0 Å². The van der Waals surface area contributed by atoms with Gasteiger partial charge in [0.15, 0.2) is 5.65 Å². The molecule has 0 bridgehead atoms. The minimum absolute atomic E-state index is 0.345. The molecule has 0 unspecified atom stereocenters. The third-order valence-corrected chi connectivity index (χ3v) is 8.49. The summed E-state index contributed by atoms with van der Waals surface area (Å²) in [6.45, 7) is 5.35. The number of ether oxygens (including phenoxy) is 2. The van der Waals surface area contributed by atoms with Gasteiger partial charge >= 0.3 is 0 Å². The van der Waals surface area contributed by atoms with Crippen molar-refractivity contribution < 1.29 is 9.47 Å². The van der Waals surface area contributed by atoms with E-state index < -0.39 is 0 Å². The van der Waals surface area contributed by atoms with E-state index in [1.54, 1.807) is 0 Å². The number of nitrogens with zero attached hydrogens (tertiary/aromatic N) is 6. The predicted molar refractivity (Wildman–Crippen MR) is 154 cm³/mol. The summed E-state index contributed by atoms with van der Waals surface area (Å²) in [5, 5.41) is 20.5. The highest BCUT2D eigenvalue weighted by Crippen LogP contribution is 2.34. The molecular weight excluding hydrogens is 506 g/mol. The van der Waals surface area contributed by atoms with Gasteiger partial charge in [0.2, 0.25) is 5.95 Å². The maximum Gasteiger partial charge on any atom is 0.231 e. The lowest BCUT2D eigenvalue weighted by atomic mass is 9.90. The maximum absolute atomic E-state index is 5.56. The van der Waals surface area contributed by atoms with Crippen LogP contribution in [-0.4, -0.2) is 86.4 Å². The minimum atomic E-state index is 0.345. The second-order valence-corrected chi connectivity index (χ2v) is 11.0. The molecule has 1 saturated carbocycles. The summed E-state index contributed by atoms with van der Waals surface area (Å²) in [5.74, 6) is 1.33. The van der Waals surface area contributed by atoms with Crippen molar-refractivity contribution in [3.63, 3.8) is 0 Å². The lowest BCUT2D eigenvalue weighted by molar-refractivity contribution is 0.00791. The molecule has 7 rings (SSSR count). The Kier molecular flexibility index (Phi) is 7.32. The second kappa shape index (κ2) is 11.5. The molecule has 0 radical (unpaired) electrons. The van der Waals surface area contributed by atoms with E-state index in [0.29, 0.717) is 29.7 Å². The number of benzene rings is 1. The predicted octanol–water partition coefficient (Wildman–Crippen LogP) is 4.37. The van der Waals surface area contributed by atoms with Gasteiger partial charge in [-0.1, -0.05) is 30.3 Å². The van der Waals surface area contributed by atoms with E-state index in [2.05, 4.69) is 43.0 Å². The van der Waals surface area contributed by atoms with Crippen molar-refractivity contribution in [2.75, 3.05) is 50.2 Å². The summed E-state index contributed by atoms with van der Waals surface area (Å²) >= 11 is 0. The average Bonchev–Trinajstić information content (AvgIpc) is 3.67. The Hall–Kier alpha value is -3.54. The number of hydrogen-bond acceptors (Lipinski definition) is 9. The number of hydrogen-bond donors (Lipinski definition) is 3. The van der Waals surface area contributed by atoms with Crippen LogP contribution in [0.15, 0.2) is 42.7 Å². The van der Waals surface area contributed by atoms with Gasteiger partial charge in [-0.2, -0.15) is 20.2 Å². The largest absolute Gasteiger partial charge is 0.381 e. The molecular formula is C29H37N9O2. The van der Waals surface area contributed by atoms with Gasteiger partial charge < -0.3 is 20.1 Å². The molecule has 40 heavy (non-hydrogen) atoms. The van der Waals surface area contributed by atoms with Gasteiger partial charge in [-0.25, -0.2) is 0 Å². The van der Waals surface area contributed by atoms with E-state index in [4.69, 9.17) is 19.4 Å². The van der Waals surface area contributed by atoms with Gasteiger partial charge in [0.1, 0.15) is 11.5 Å². The third kappa shape index (κ3) is 5.41. The zero-order chi connectivity index (χ0) is 26.7. The Labute approximate surface area is 233 Å². The number of aromatic amines is 1. The Bertz CT molecular complexity index is 1400. The van der Waals surface area contributed by atoms with Crippen LogP contribution in [-0.2, 0) is 9.47 Å². The minimum Gasteiger partial charge on any atom is -0.381 e. The summed E-state index contributed by atoms with van der Waals surface area (Å²) in [5.41, 5.74) is 3.47. The number of morpholine rings is 1. The van der Waals surface area contributed by atoms with Crippen LogP contribution in [0.4, 0.5) is 17.5 Å².